The van der Waals surface area contributed by atoms with Gasteiger partial charge in [0.25, 0.3) is 5.56 Å². The van der Waals surface area contributed by atoms with Crippen molar-refractivity contribution in [1.82, 2.24) is 24.8 Å². The Morgan fingerprint density at radius 3 is 3.33 bits per heavy atom. The molecule has 0 radical (unpaired) electrons. The molecular weight excluding hydrogens is 250 g/mol. The topological polar surface area (TPSA) is 62.5 Å². The summed E-state index contributed by atoms with van der Waals surface area (Å²) in [6.07, 6.45) is 0. The van der Waals surface area contributed by atoms with Gasteiger partial charge in [0.15, 0.2) is 0 Å². The highest BCUT2D eigenvalue weighted by Gasteiger charge is 2.16. The number of rotatable bonds is 2. The van der Waals surface area contributed by atoms with Crippen molar-refractivity contribution in [3.05, 3.63) is 27.6 Å². The molecule has 18 heavy (non-hydrogen) atoms. The second-order valence-electron chi connectivity index (χ2n) is 4.61. The fourth-order valence-electron chi connectivity index (χ4n) is 2.27. The van der Waals surface area contributed by atoms with E-state index in [1.165, 1.54) is 15.9 Å². The summed E-state index contributed by atoms with van der Waals surface area (Å²) in [5.41, 5.74) is 2.37. The molecule has 0 spiro atoms. The molecule has 2 aromatic rings. The van der Waals surface area contributed by atoms with E-state index < -0.39 is 0 Å². The van der Waals surface area contributed by atoms with Gasteiger partial charge in [0.1, 0.15) is 5.51 Å². The van der Waals surface area contributed by atoms with Crippen molar-refractivity contribution in [2.75, 3.05) is 19.6 Å². The number of hydrogen-bond donors (Lipinski definition) is 1. The van der Waals surface area contributed by atoms with E-state index in [0.717, 1.165) is 31.9 Å². The summed E-state index contributed by atoms with van der Waals surface area (Å²) in [5, 5.41) is 7.35. The van der Waals surface area contributed by atoms with Crippen LogP contribution in [0.4, 0.5) is 0 Å². The third-order valence-corrected chi connectivity index (χ3v) is 3.75. The van der Waals surface area contributed by atoms with Crippen molar-refractivity contribution in [3.8, 4) is 0 Å². The van der Waals surface area contributed by atoms with Crippen LogP contribution in [-0.4, -0.2) is 45.2 Å². The van der Waals surface area contributed by atoms with Crippen LogP contribution in [0, 0.1) is 0 Å². The van der Waals surface area contributed by atoms with Gasteiger partial charge in [-0.3, -0.25) is 9.69 Å². The zero-order chi connectivity index (χ0) is 12.5. The summed E-state index contributed by atoms with van der Waals surface area (Å²) in [7, 11) is 0. The first-order valence-corrected chi connectivity index (χ1v) is 6.88. The fraction of sp³-hybridized carbons (Fsp3) is 0.545. The van der Waals surface area contributed by atoms with Gasteiger partial charge in [-0.1, -0.05) is 11.3 Å². The second-order valence-corrected chi connectivity index (χ2v) is 5.42. The second kappa shape index (κ2) is 4.75. The van der Waals surface area contributed by atoms with Gasteiger partial charge in [0.05, 0.1) is 5.69 Å². The molecule has 0 amide bonds. The van der Waals surface area contributed by atoms with Crippen molar-refractivity contribution in [2.45, 2.75) is 19.5 Å². The van der Waals surface area contributed by atoms with Gasteiger partial charge in [-0.15, -0.1) is 0 Å². The lowest BCUT2D eigenvalue weighted by molar-refractivity contribution is 0.197. The summed E-state index contributed by atoms with van der Waals surface area (Å²) in [4.78, 5) is 19.3. The lowest BCUT2D eigenvalue weighted by atomic mass is 10.2. The van der Waals surface area contributed by atoms with Crippen LogP contribution in [-0.2, 0) is 6.54 Å². The third-order valence-electron chi connectivity index (χ3n) is 3.08. The summed E-state index contributed by atoms with van der Waals surface area (Å²) in [5.74, 6) is 0. The first-order valence-electron chi connectivity index (χ1n) is 6.00. The minimum atomic E-state index is -0.0977. The van der Waals surface area contributed by atoms with Crippen LogP contribution in [0.15, 0.2) is 16.4 Å². The molecule has 1 aliphatic rings. The molecule has 1 aliphatic heterocycles. The molecule has 0 unspecified atom stereocenters. The molecule has 0 bridgehead atoms. The lowest BCUT2D eigenvalue weighted by Crippen LogP contribution is -2.48. The van der Waals surface area contributed by atoms with Crippen molar-refractivity contribution >= 4 is 16.3 Å². The zero-order valence-corrected chi connectivity index (χ0v) is 11.0. The molecule has 1 N–H and O–H groups in total. The summed E-state index contributed by atoms with van der Waals surface area (Å²) < 4.78 is 1.34. The van der Waals surface area contributed by atoms with Crippen molar-refractivity contribution in [2.24, 2.45) is 0 Å². The molecule has 0 saturated carbocycles. The predicted molar refractivity (Wildman–Crippen MR) is 69.9 cm³/mol. The Morgan fingerprint density at radius 1 is 1.61 bits per heavy atom. The van der Waals surface area contributed by atoms with Crippen LogP contribution >= 0.6 is 11.3 Å². The molecule has 7 heteroatoms. The van der Waals surface area contributed by atoms with E-state index in [2.05, 4.69) is 27.2 Å². The lowest BCUT2D eigenvalue weighted by Gasteiger charge is -2.31. The standard InChI is InChI=1S/C11H15N5OS/c1-8-5-15(3-2-12-8)6-9-4-10(17)16-11(14-9)18-7-13-16/h4,7-8,12H,2-3,5-6H2,1H3/t8-/m1/s1. The minimum Gasteiger partial charge on any atom is -0.312 e. The van der Waals surface area contributed by atoms with Crippen LogP contribution < -0.4 is 10.9 Å². The molecule has 0 aliphatic carbocycles. The summed E-state index contributed by atoms with van der Waals surface area (Å²) >= 11 is 1.39. The molecule has 3 rings (SSSR count). The average molecular weight is 265 g/mol. The summed E-state index contributed by atoms with van der Waals surface area (Å²) in [6, 6.07) is 2.08. The predicted octanol–water partition coefficient (Wildman–Crippen LogP) is -0.0553. The maximum absolute atomic E-state index is 11.8. The Labute approximate surface area is 108 Å². The fourth-order valence-corrected chi connectivity index (χ4v) is 2.91. The van der Waals surface area contributed by atoms with Crippen LogP contribution in [0.2, 0.25) is 0 Å². The van der Waals surface area contributed by atoms with E-state index in [1.807, 2.05) is 0 Å². The van der Waals surface area contributed by atoms with Gasteiger partial charge in [-0.2, -0.15) is 9.61 Å². The first kappa shape index (κ1) is 11.8. The smallest absolute Gasteiger partial charge is 0.275 e. The Balaban J connectivity index is 1.83. The van der Waals surface area contributed by atoms with E-state index in [0.29, 0.717) is 11.0 Å². The highest BCUT2D eigenvalue weighted by molar-refractivity contribution is 7.14. The zero-order valence-electron chi connectivity index (χ0n) is 10.2. The monoisotopic (exact) mass is 265 g/mol. The van der Waals surface area contributed by atoms with E-state index in [4.69, 9.17) is 0 Å². The number of fused-ring (bicyclic) bond motifs is 1. The molecule has 1 atom stereocenters. The first-order chi connectivity index (χ1) is 8.72. The van der Waals surface area contributed by atoms with Crippen molar-refractivity contribution < 1.29 is 0 Å². The number of hydrogen-bond acceptors (Lipinski definition) is 6. The number of aromatic nitrogens is 3. The van der Waals surface area contributed by atoms with E-state index in [-0.39, 0.29) is 5.56 Å². The molecule has 2 aromatic heterocycles. The van der Waals surface area contributed by atoms with Crippen LogP contribution in [0.1, 0.15) is 12.6 Å². The molecule has 0 aromatic carbocycles. The number of piperazine rings is 1. The average Bonchev–Trinajstić information content (AvgIpc) is 2.77. The van der Waals surface area contributed by atoms with Gasteiger partial charge < -0.3 is 5.32 Å². The Morgan fingerprint density at radius 2 is 2.50 bits per heavy atom. The van der Waals surface area contributed by atoms with Crippen molar-refractivity contribution in [1.29, 1.82) is 0 Å². The van der Waals surface area contributed by atoms with Crippen LogP contribution in [0.3, 0.4) is 0 Å². The Kier molecular flexibility index (Phi) is 3.11. The molecule has 3 heterocycles. The maximum atomic E-state index is 11.8. The van der Waals surface area contributed by atoms with E-state index in [9.17, 15) is 4.79 Å². The van der Waals surface area contributed by atoms with Gasteiger partial charge >= 0.3 is 0 Å². The molecular formula is C11H15N5OS. The Bertz CT molecular complexity index is 607. The third kappa shape index (κ3) is 2.29. The van der Waals surface area contributed by atoms with Crippen LogP contribution in [0.25, 0.3) is 4.96 Å². The molecule has 6 nitrogen and oxygen atoms in total. The largest absolute Gasteiger partial charge is 0.312 e. The SMILES string of the molecule is C[C@@H]1CN(Cc2cc(=O)n3ncsc3n2)CCN1. The van der Waals surface area contributed by atoms with Gasteiger partial charge in [0.2, 0.25) is 4.96 Å². The highest BCUT2D eigenvalue weighted by atomic mass is 32.1. The molecule has 1 fully saturated rings. The van der Waals surface area contributed by atoms with Crippen LogP contribution in [0.5, 0.6) is 0 Å². The van der Waals surface area contributed by atoms with Gasteiger partial charge in [-0.25, -0.2) is 4.98 Å². The minimum absolute atomic E-state index is 0.0977. The Hall–Kier alpha value is -1.31. The molecule has 1 saturated heterocycles. The summed E-state index contributed by atoms with van der Waals surface area (Å²) in [6.45, 7) is 5.87. The molecule has 96 valence electrons. The quantitative estimate of drug-likeness (QED) is 0.824. The van der Waals surface area contributed by atoms with Crippen molar-refractivity contribution in [3.63, 3.8) is 0 Å². The highest BCUT2D eigenvalue weighted by Crippen LogP contribution is 2.07. The maximum Gasteiger partial charge on any atom is 0.275 e. The van der Waals surface area contributed by atoms with Gasteiger partial charge in [-0.05, 0) is 6.92 Å². The normalized spacial score (nSPS) is 21.5. The van der Waals surface area contributed by atoms with Gasteiger partial charge in [0, 0.05) is 38.3 Å². The number of nitrogens with zero attached hydrogens (tertiary/aromatic N) is 4. The van der Waals surface area contributed by atoms with E-state index >= 15 is 0 Å². The number of nitrogens with one attached hydrogen (secondary N) is 1. The van der Waals surface area contributed by atoms with E-state index in [1.54, 1.807) is 11.6 Å².